The highest BCUT2D eigenvalue weighted by molar-refractivity contribution is 6.83. The summed E-state index contributed by atoms with van der Waals surface area (Å²) in [4.78, 5) is 25.6. The molecule has 0 radical (unpaired) electrons. The van der Waals surface area contributed by atoms with Gasteiger partial charge in [-0.25, -0.2) is 9.36 Å². The fourth-order valence-electron chi connectivity index (χ4n) is 5.50. The number of aromatic nitrogens is 2. The van der Waals surface area contributed by atoms with Gasteiger partial charge < -0.3 is 17.7 Å². The zero-order valence-electron chi connectivity index (χ0n) is 22.7. The van der Waals surface area contributed by atoms with E-state index in [9.17, 15) is 9.59 Å². The van der Waals surface area contributed by atoms with Crippen LogP contribution in [0.4, 0.5) is 0 Å². The number of rotatable bonds is 6. The molecule has 2 aliphatic rings. The van der Waals surface area contributed by atoms with Crippen LogP contribution in [0.2, 0.25) is 22.2 Å². The van der Waals surface area contributed by atoms with Crippen LogP contribution < -0.4 is 11.2 Å². The van der Waals surface area contributed by atoms with Crippen LogP contribution in [0.1, 0.15) is 73.6 Å². The Bertz CT molecular complexity index is 1060. The van der Waals surface area contributed by atoms with E-state index >= 15 is 0 Å². The number of ether oxygens (including phenoxy) is 1. The van der Waals surface area contributed by atoms with Crippen molar-refractivity contribution in [2.75, 3.05) is 6.61 Å². The van der Waals surface area contributed by atoms with Crippen LogP contribution in [0, 0.1) is 19.3 Å². The van der Waals surface area contributed by atoms with Gasteiger partial charge in [-0.15, -0.1) is 6.42 Å². The van der Waals surface area contributed by atoms with Crippen LogP contribution in [0.25, 0.3) is 0 Å². The highest BCUT2D eigenvalue weighted by Crippen LogP contribution is 2.48. The van der Waals surface area contributed by atoms with E-state index in [1.807, 2.05) is 0 Å². The Morgan fingerprint density at radius 2 is 1.57 bits per heavy atom. The SMILES string of the molecule is C#CCn1c(=O)c(C)cn([C@H]2C[C@@H]3O[Si](C(C)C)(C(C)C)O[Si](C(C)C)(C(C)C)OC[C@H]3O2)c1=O. The third-order valence-corrected chi connectivity index (χ3v) is 17.7. The predicted molar refractivity (Wildman–Crippen MR) is 141 cm³/mol. The normalized spacial score (nSPS) is 26.1. The molecule has 3 heterocycles. The summed E-state index contributed by atoms with van der Waals surface area (Å²) < 4.78 is 30.0. The van der Waals surface area contributed by atoms with Crippen LogP contribution in [0.3, 0.4) is 0 Å². The quantitative estimate of drug-likeness (QED) is 0.412. The highest BCUT2D eigenvalue weighted by Gasteiger charge is 2.60. The Morgan fingerprint density at radius 3 is 2.09 bits per heavy atom. The molecule has 0 unspecified atom stereocenters. The standard InChI is InChI=1S/C25H42N2O6Si2/c1-11-12-26-24(28)20(10)14-27(25(26)29)23-13-21-22(31-23)15-30-34(16(2)3,17(4)5)33-35(32-21,18(6)7)19(8)9/h1,14,16-19,21-23H,12-13,15H2,2-10H3/t21-,22+,23+/m0/s1. The fraction of sp³-hybridized carbons (Fsp3) is 0.760. The van der Waals surface area contributed by atoms with Crippen molar-refractivity contribution in [2.45, 2.75) is 116 Å². The first-order valence-corrected chi connectivity index (χ1v) is 16.7. The van der Waals surface area contributed by atoms with E-state index in [4.69, 9.17) is 24.1 Å². The van der Waals surface area contributed by atoms with Gasteiger partial charge in [0.15, 0.2) is 0 Å². The van der Waals surface area contributed by atoms with Crippen LogP contribution in [0.5, 0.6) is 0 Å². The lowest BCUT2D eigenvalue weighted by molar-refractivity contribution is -0.0569. The highest BCUT2D eigenvalue weighted by atomic mass is 28.5. The maximum atomic E-state index is 13.2. The number of hydrogen-bond acceptors (Lipinski definition) is 6. The molecule has 35 heavy (non-hydrogen) atoms. The molecule has 0 N–H and O–H groups in total. The fourth-order valence-corrected chi connectivity index (χ4v) is 16.7. The Hall–Kier alpha value is -1.49. The molecule has 2 fully saturated rings. The summed E-state index contributed by atoms with van der Waals surface area (Å²) in [5, 5.41) is 0. The third-order valence-electron chi connectivity index (χ3n) is 7.45. The Morgan fingerprint density at radius 1 is 1.00 bits per heavy atom. The molecule has 0 amide bonds. The molecule has 10 heteroatoms. The summed E-state index contributed by atoms with van der Waals surface area (Å²) in [6.45, 7) is 19.4. The summed E-state index contributed by atoms with van der Waals surface area (Å²) in [7, 11) is -5.44. The van der Waals surface area contributed by atoms with Crippen LogP contribution in [-0.2, 0) is 24.2 Å². The molecule has 8 nitrogen and oxygen atoms in total. The van der Waals surface area contributed by atoms with Gasteiger partial charge in [0.1, 0.15) is 12.3 Å². The molecule has 1 aromatic rings. The molecular formula is C25H42N2O6Si2. The van der Waals surface area contributed by atoms with Crippen LogP contribution >= 0.6 is 0 Å². The number of hydrogen-bond donors (Lipinski definition) is 0. The Kier molecular flexibility index (Phi) is 8.41. The molecule has 3 rings (SSSR count). The van der Waals surface area contributed by atoms with Gasteiger partial charge >= 0.3 is 22.8 Å². The lowest BCUT2D eigenvalue weighted by atomic mass is 10.2. The van der Waals surface area contributed by atoms with Gasteiger partial charge in [-0.05, 0) is 29.1 Å². The first-order valence-electron chi connectivity index (χ1n) is 12.7. The zero-order chi connectivity index (χ0) is 26.3. The van der Waals surface area contributed by atoms with Crippen LogP contribution in [-0.4, -0.2) is 45.1 Å². The zero-order valence-corrected chi connectivity index (χ0v) is 24.7. The van der Waals surface area contributed by atoms with E-state index in [0.29, 0.717) is 18.6 Å². The molecule has 196 valence electrons. The minimum Gasteiger partial charge on any atom is -0.414 e. The maximum Gasteiger partial charge on any atom is 0.335 e. The lowest BCUT2D eigenvalue weighted by Gasteiger charge is -2.51. The second kappa shape index (κ2) is 10.5. The Balaban J connectivity index is 2.07. The van der Waals surface area contributed by atoms with Crippen molar-refractivity contribution in [3.05, 3.63) is 32.6 Å². The summed E-state index contributed by atoms with van der Waals surface area (Å²) in [5.41, 5.74) is 0.471. The summed E-state index contributed by atoms with van der Waals surface area (Å²) >= 11 is 0. The Labute approximate surface area is 211 Å². The van der Waals surface area contributed by atoms with Crippen molar-refractivity contribution in [1.29, 1.82) is 0 Å². The summed E-state index contributed by atoms with van der Waals surface area (Å²) in [5.74, 6) is 2.40. The van der Waals surface area contributed by atoms with Crippen molar-refractivity contribution in [3.63, 3.8) is 0 Å². The molecule has 2 aliphatic heterocycles. The molecule has 2 saturated heterocycles. The molecule has 0 aromatic carbocycles. The van der Waals surface area contributed by atoms with E-state index in [1.165, 1.54) is 4.57 Å². The third kappa shape index (κ3) is 4.91. The number of terminal acetylenes is 1. The first-order chi connectivity index (χ1) is 16.3. The topological polar surface area (TPSA) is 80.9 Å². The molecule has 1 aromatic heterocycles. The lowest BCUT2D eigenvalue weighted by Crippen LogP contribution is -2.65. The molecule has 0 saturated carbocycles. The first kappa shape index (κ1) is 28.1. The van der Waals surface area contributed by atoms with Gasteiger partial charge in [0.2, 0.25) is 0 Å². The minimum atomic E-state index is -2.77. The van der Waals surface area contributed by atoms with Gasteiger partial charge in [-0.2, -0.15) is 0 Å². The summed E-state index contributed by atoms with van der Waals surface area (Å²) in [6.07, 6.45) is 6.25. The maximum absolute atomic E-state index is 13.2. The number of aryl methyl sites for hydroxylation is 1. The van der Waals surface area contributed by atoms with Gasteiger partial charge in [0.05, 0.1) is 19.3 Å². The minimum absolute atomic E-state index is 0.0833. The average Bonchev–Trinajstić information content (AvgIpc) is 3.14. The second-order valence-corrected chi connectivity index (χ2v) is 19.9. The largest absolute Gasteiger partial charge is 0.414 e. The van der Waals surface area contributed by atoms with Crippen molar-refractivity contribution in [1.82, 2.24) is 9.13 Å². The molecule has 0 bridgehead atoms. The van der Waals surface area contributed by atoms with Crippen molar-refractivity contribution in [3.8, 4) is 12.3 Å². The molecular weight excluding hydrogens is 480 g/mol. The van der Waals surface area contributed by atoms with E-state index in [1.54, 1.807) is 13.1 Å². The molecule has 3 atom stereocenters. The van der Waals surface area contributed by atoms with Crippen molar-refractivity contribution in [2.24, 2.45) is 0 Å². The van der Waals surface area contributed by atoms with Gasteiger partial charge in [0.25, 0.3) is 5.56 Å². The van der Waals surface area contributed by atoms with Crippen molar-refractivity contribution < 1.29 is 17.7 Å². The predicted octanol–water partition coefficient (Wildman–Crippen LogP) is 4.20. The van der Waals surface area contributed by atoms with E-state index in [0.717, 1.165) is 4.57 Å². The monoisotopic (exact) mass is 522 g/mol. The van der Waals surface area contributed by atoms with E-state index in [-0.39, 0.29) is 46.5 Å². The average molecular weight is 523 g/mol. The van der Waals surface area contributed by atoms with Gasteiger partial charge in [-0.1, -0.05) is 61.3 Å². The molecule has 0 spiro atoms. The van der Waals surface area contributed by atoms with Gasteiger partial charge in [0, 0.05) is 18.2 Å². The summed E-state index contributed by atoms with van der Waals surface area (Å²) in [6, 6.07) is 0. The van der Waals surface area contributed by atoms with E-state index in [2.05, 4.69) is 61.3 Å². The second-order valence-electron chi connectivity index (χ2n) is 11.1. The van der Waals surface area contributed by atoms with Gasteiger partial charge in [-0.3, -0.25) is 9.36 Å². The molecule has 0 aliphatic carbocycles. The van der Waals surface area contributed by atoms with Crippen molar-refractivity contribution >= 4 is 17.1 Å². The number of fused-ring (bicyclic) bond motifs is 1. The van der Waals surface area contributed by atoms with E-state index < -0.39 is 29.0 Å². The number of nitrogens with zero attached hydrogens (tertiary/aromatic N) is 2. The van der Waals surface area contributed by atoms with Crippen LogP contribution in [0.15, 0.2) is 15.8 Å². The smallest absolute Gasteiger partial charge is 0.335 e.